The molecule has 0 spiro atoms. The van der Waals surface area contributed by atoms with E-state index < -0.39 is 0 Å². The van der Waals surface area contributed by atoms with Gasteiger partial charge in [-0.15, -0.1) is 5.10 Å². The Labute approximate surface area is 157 Å². The number of hydrogen-bond acceptors (Lipinski definition) is 6. The largest absolute Gasteiger partial charge is 0.497 e. The number of amides is 1. The monoisotopic (exact) mass is 367 g/mol. The van der Waals surface area contributed by atoms with E-state index in [1.807, 2.05) is 31.2 Å². The molecule has 7 nitrogen and oxygen atoms in total. The third kappa shape index (κ3) is 4.84. The molecular formula is C20H21N3O4. The van der Waals surface area contributed by atoms with Crippen LogP contribution in [0.2, 0.25) is 0 Å². The molecule has 3 rings (SSSR count). The van der Waals surface area contributed by atoms with Crippen molar-refractivity contribution in [3.63, 3.8) is 0 Å². The smallest absolute Gasteiger partial charge is 0.322 e. The van der Waals surface area contributed by atoms with Crippen molar-refractivity contribution in [2.75, 3.05) is 19.5 Å². The van der Waals surface area contributed by atoms with Crippen LogP contribution in [0.4, 0.5) is 6.01 Å². The normalized spacial score (nSPS) is 10.5. The number of nitrogens with one attached hydrogen (secondary N) is 1. The van der Waals surface area contributed by atoms with Crippen molar-refractivity contribution in [2.45, 2.75) is 19.8 Å². The highest BCUT2D eigenvalue weighted by molar-refractivity contribution is 5.90. The highest BCUT2D eigenvalue weighted by atomic mass is 16.5. The molecule has 140 valence electrons. The fourth-order valence-corrected chi connectivity index (χ4v) is 2.59. The van der Waals surface area contributed by atoms with E-state index in [9.17, 15) is 4.79 Å². The highest BCUT2D eigenvalue weighted by Crippen LogP contribution is 2.25. The summed E-state index contributed by atoms with van der Waals surface area (Å²) in [5.41, 5.74) is 2.98. The zero-order valence-corrected chi connectivity index (χ0v) is 15.5. The van der Waals surface area contributed by atoms with Crippen LogP contribution < -0.4 is 14.8 Å². The molecule has 0 atom stereocenters. The standard InChI is InChI=1S/C20H21N3O4/c1-13-4-6-14(7-5-13)10-19-22-23-20(27-19)21-18(24)11-15-8-9-16(25-2)12-17(15)26-3/h4-9,12H,10-11H2,1-3H3,(H,21,23,24). The molecule has 1 amide bonds. The minimum Gasteiger partial charge on any atom is -0.497 e. The highest BCUT2D eigenvalue weighted by Gasteiger charge is 2.14. The third-order valence-electron chi connectivity index (χ3n) is 4.03. The fourth-order valence-electron chi connectivity index (χ4n) is 2.59. The zero-order valence-electron chi connectivity index (χ0n) is 15.5. The molecule has 3 aromatic rings. The van der Waals surface area contributed by atoms with Crippen molar-refractivity contribution in [2.24, 2.45) is 0 Å². The Hall–Kier alpha value is -3.35. The summed E-state index contributed by atoms with van der Waals surface area (Å²) in [7, 11) is 3.12. The summed E-state index contributed by atoms with van der Waals surface area (Å²) in [4.78, 5) is 12.3. The zero-order chi connectivity index (χ0) is 19.2. The van der Waals surface area contributed by atoms with E-state index in [4.69, 9.17) is 13.9 Å². The molecule has 0 bridgehead atoms. The summed E-state index contributed by atoms with van der Waals surface area (Å²) in [6, 6.07) is 13.4. The summed E-state index contributed by atoms with van der Waals surface area (Å²) < 4.78 is 16.0. The first kappa shape index (κ1) is 18.4. The second kappa shape index (κ2) is 8.35. The Morgan fingerprint density at radius 3 is 2.56 bits per heavy atom. The van der Waals surface area contributed by atoms with Crippen molar-refractivity contribution in [3.8, 4) is 11.5 Å². The molecule has 27 heavy (non-hydrogen) atoms. The van der Waals surface area contributed by atoms with Crippen LogP contribution in [0.5, 0.6) is 11.5 Å². The Balaban J connectivity index is 1.61. The molecular weight excluding hydrogens is 346 g/mol. The Morgan fingerprint density at radius 1 is 1.07 bits per heavy atom. The molecule has 0 aliphatic carbocycles. The second-order valence-electron chi connectivity index (χ2n) is 6.07. The average molecular weight is 367 g/mol. The van der Waals surface area contributed by atoms with Crippen LogP contribution in [0.3, 0.4) is 0 Å². The van der Waals surface area contributed by atoms with Crippen molar-refractivity contribution >= 4 is 11.9 Å². The molecule has 0 saturated heterocycles. The first-order chi connectivity index (χ1) is 13.1. The minimum atomic E-state index is -0.274. The van der Waals surface area contributed by atoms with E-state index in [2.05, 4.69) is 15.5 Å². The van der Waals surface area contributed by atoms with Gasteiger partial charge in [-0.25, -0.2) is 0 Å². The van der Waals surface area contributed by atoms with E-state index in [0.717, 1.165) is 11.1 Å². The molecule has 2 aromatic carbocycles. The number of aromatic nitrogens is 2. The maximum Gasteiger partial charge on any atom is 0.322 e. The lowest BCUT2D eigenvalue weighted by Crippen LogP contribution is -2.15. The summed E-state index contributed by atoms with van der Waals surface area (Å²) in [6.07, 6.45) is 0.623. The number of nitrogens with zero attached hydrogens (tertiary/aromatic N) is 2. The van der Waals surface area contributed by atoms with E-state index >= 15 is 0 Å². The first-order valence-electron chi connectivity index (χ1n) is 8.46. The van der Waals surface area contributed by atoms with Gasteiger partial charge >= 0.3 is 6.01 Å². The number of carbonyl (C=O) groups excluding carboxylic acids is 1. The summed E-state index contributed by atoms with van der Waals surface area (Å²) in [6.45, 7) is 2.03. The van der Waals surface area contributed by atoms with E-state index in [1.165, 1.54) is 5.56 Å². The van der Waals surface area contributed by atoms with Gasteiger partial charge in [-0.1, -0.05) is 41.0 Å². The van der Waals surface area contributed by atoms with Gasteiger partial charge in [0.15, 0.2) is 0 Å². The number of rotatable bonds is 7. The lowest BCUT2D eigenvalue weighted by atomic mass is 10.1. The predicted octanol–water partition coefficient (Wildman–Crippen LogP) is 3.17. The number of benzene rings is 2. The molecule has 0 aliphatic heterocycles. The predicted molar refractivity (Wildman–Crippen MR) is 100 cm³/mol. The van der Waals surface area contributed by atoms with Gasteiger partial charge in [0.25, 0.3) is 0 Å². The molecule has 1 aromatic heterocycles. The Morgan fingerprint density at radius 2 is 1.85 bits per heavy atom. The van der Waals surface area contributed by atoms with Gasteiger partial charge in [0.1, 0.15) is 11.5 Å². The maximum atomic E-state index is 12.3. The van der Waals surface area contributed by atoms with Crippen LogP contribution in [0.25, 0.3) is 0 Å². The number of methoxy groups -OCH3 is 2. The number of hydrogen-bond donors (Lipinski definition) is 1. The van der Waals surface area contributed by atoms with Crippen LogP contribution in [-0.2, 0) is 17.6 Å². The second-order valence-corrected chi connectivity index (χ2v) is 6.07. The first-order valence-corrected chi connectivity index (χ1v) is 8.46. The van der Waals surface area contributed by atoms with Crippen molar-refractivity contribution in [1.29, 1.82) is 0 Å². The van der Waals surface area contributed by atoms with Crippen molar-refractivity contribution < 1.29 is 18.7 Å². The quantitative estimate of drug-likeness (QED) is 0.690. The Bertz CT molecular complexity index is 919. The lowest BCUT2D eigenvalue weighted by molar-refractivity contribution is -0.115. The van der Waals surface area contributed by atoms with Gasteiger partial charge < -0.3 is 13.9 Å². The molecule has 0 aliphatic rings. The Kier molecular flexibility index (Phi) is 5.71. The van der Waals surface area contributed by atoms with Crippen LogP contribution >= 0.6 is 0 Å². The van der Waals surface area contributed by atoms with Crippen molar-refractivity contribution in [3.05, 3.63) is 65.0 Å². The van der Waals surface area contributed by atoms with Crippen LogP contribution in [0.1, 0.15) is 22.6 Å². The van der Waals surface area contributed by atoms with Crippen LogP contribution in [0, 0.1) is 6.92 Å². The molecule has 7 heteroatoms. The van der Waals surface area contributed by atoms with Gasteiger partial charge in [-0.2, -0.15) is 0 Å². The topological polar surface area (TPSA) is 86.5 Å². The molecule has 0 radical (unpaired) electrons. The number of anilines is 1. The summed E-state index contributed by atoms with van der Waals surface area (Å²) in [5.74, 6) is 1.41. The molecule has 0 unspecified atom stereocenters. The van der Waals surface area contributed by atoms with Gasteiger partial charge in [-0.3, -0.25) is 10.1 Å². The van der Waals surface area contributed by atoms with E-state index in [0.29, 0.717) is 23.8 Å². The number of ether oxygens (including phenoxy) is 2. The maximum absolute atomic E-state index is 12.3. The summed E-state index contributed by atoms with van der Waals surface area (Å²) >= 11 is 0. The van der Waals surface area contributed by atoms with Crippen LogP contribution in [0.15, 0.2) is 46.9 Å². The van der Waals surface area contributed by atoms with Gasteiger partial charge in [-0.05, 0) is 18.6 Å². The molecule has 1 N–H and O–H groups in total. The number of carbonyl (C=O) groups is 1. The lowest BCUT2D eigenvalue weighted by Gasteiger charge is -2.09. The summed E-state index contributed by atoms with van der Waals surface area (Å²) in [5, 5.41) is 10.5. The SMILES string of the molecule is COc1ccc(CC(=O)Nc2nnc(Cc3ccc(C)cc3)o2)c(OC)c1. The van der Waals surface area contributed by atoms with Gasteiger partial charge in [0.05, 0.1) is 27.1 Å². The van der Waals surface area contributed by atoms with Crippen LogP contribution in [-0.4, -0.2) is 30.3 Å². The minimum absolute atomic E-state index is 0.0783. The number of aryl methyl sites for hydroxylation is 1. The third-order valence-corrected chi connectivity index (χ3v) is 4.03. The van der Waals surface area contributed by atoms with Gasteiger partial charge in [0, 0.05) is 11.6 Å². The van der Waals surface area contributed by atoms with Crippen molar-refractivity contribution in [1.82, 2.24) is 10.2 Å². The van der Waals surface area contributed by atoms with Gasteiger partial charge in [0.2, 0.25) is 11.8 Å². The fraction of sp³-hybridized carbons (Fsp3) is 0.250. The van der Waals surface area contributed by atoms with E-state index in [-0.39, 0.29) is 18.3 Å². The molecule has 1 heterocycles. The average Bonchev–Trinajstić information content (AvgIpc) is 3.10. The molecule has 0 fully saturated rings. The van der Waals surface area contributed by atoms with E-state index in [1.54, 1.807) is 32.4 Å². The molecule has 0 saturated carbocycles.